The fraction of sp³-hybridized carbons (Fsp3) is 0.0625. The maximum atomic E-state index is 14.3. The Kier molecular flexibility index (Phi) is 4.25. The lowest BCUT2D eigenvalue weighted by molar-refractivity contribution is 0.0695. The van der Waals surface area contributed by atoms with E-state index in [-0.39, 0.29) is 33.2 Å². The molecule has 0 spiro atoms. The van der Waals surface area contributed by atoms with E-state index in [0.29, 0.717) is 0 Å². The average Bonchev–Trinajstić information content (AvgIpc) is 2.58. The summed E-state index contributed by atoms with van der Waals surface area (Å²) in [5.41, 5.74) is 3.67. The van der Waals surface area contributed by atoms with Crippen molar-refractivity contribution in [1.82, 2.24) is 9.55 Å². The molecule has 0 aliphatic heterocycles. The number of carbonyl (C=O) groups is 1. The number of carboxylic acids is 1. The highest BCUT2D eigenvalue weighted by molar-refractivity contribution is 6.38. The SMILES string of the molecule is CNc1c(F)cc2c(=O)c(C(=O)O)cn(-c3nc(N)ccc3F)c2c1Cl. The van der Waals surface area contributed by atoms with Crippen LogP contribution in [-0.4, -0.2) is 27.7 Å². The quantitative estimate of drug-likeness (QED) is 0.644. The molecule has 0 aliphatic carbocycles. The van der Waals surface area contributed by atoms with E-state index in [1.165, 1.54) is 13.1 Å². The Morgan fingerprint density at radius 2 is 2.04 bits per heavy atom. The molecular weight excluding hydrogens is 370 g/mol. The van der Waals surface area contributed by atoms with Gasteiger partial charge in [-0.15, -0.1) is 0 Å². The zero-order chi connectivity index (χ0) is 19.2. The number of rotatable bonds is 3. The van der Waals surface area contributed by atoms with Gasteiger partial charge in [0.25, 0.3) is 0 Å². The van der Waals surface area contributed by atoms with Crippen LogP contribution < -0.4 is 16.5 Å². The average molecular weight is 381 g/mol. The van der Waals surface area contributed by atoms with Gasteiger partial charge in [-0.1, -0.05) is 11.6 Å². The Morgan fingerprint density at radius 1 is 1.35 bits per heavy atom. The van der Waals surface area contributed by atoms with E-state index in [9.17, 15) is 23.5 Å². The Balaban J connectivity index is 2.60. The summed E-state index contributed by atoms with van der Waals surface area (Å²) in [4.78, 5) is 27.7. The molecule has 2 aromatic heterocycles. The van der Waals surface area contributed by atoms with E-state index in [2.05, 4.69) is 10.3 Å². The second-order valence-corrected chi connectivity index (χ2v) is 5.66. The van der Waals surface area contributed by atoms with Crippen LogP contribution in [0, 0.1) is 11.6 Å². The van der Waals surface area contributed by atoms with Crippen LogP contribution in [0.1, 0.15) is 10.4 Å². The van der Waals surface area contributed by atoms with E-state index < -0.39 is 28.6 Å². The molecular formula is C16H11ClF2N4O3. The van der Waals surface area contributed by atoms with Crippen LogP contribution >= 0.6 is 11.6 Å². The van der Waals surface area contributed by atoms with Crippen molar-refractivity contribution < 1.29 is 18.7 Å². The van der Waals surface area contributed by atoms with E-state index in [4.69, 9.17) is 17.3 Å². The third-order valence-corrected chi connectivity index (χ3v) is 4.11. The summed E-state index contributed by atoms with van der Waals surface area (Å²) in [5, 5.41) is 11.2. The van der Waals surface area contributed by atoms with Crippen LogP contribution in [0.5, 0.6) is 0 Å². The van der Waals surface area contributed by atoms with Gasteiger partial charge >= 0.3 is 5.97 Å². The molecule has 10 heteroatoms. The number of carboxylic acid groups (broad SMARTS) is 1. The second kappa shape index (κ2) is 6.26. The topological polar surface area (TPSA) is 110 Å². The van der Waals surface area contributed by atoms with Crippen molar-refractivity contribution in [2.45, 2.75) is 0 Å². The fourth-order valence-electron chi connectivity index (χ4n) is 2.58. The predicted octanol–water partition coefficient (Wildman–Crippen LogP) is 2.64. The minimum absolute atomic E-state index is 0.0443. The number of nitrogens with two attached hydrogens (primary N) is 1. The number of nitrogen functional groups attached to an aromatic ring is 1. The molecule has 0 fully saturated rings. The van der Waals surface area contributed by atoms with Crippen molar-refractivity contribution in [1.29, 1.82) is 0 Å². The van der Waals surface area contributed by atoms with Crippen molar-refractivity contribution >= 4 is 40.0 Å². The van der Waals surface area contributed by atoms with Gasteiger partial charge in [0.1, 0.15) is 17.2 Å². The molecule has 4 N–H and O–H groups in total. The van der Waals surface area contributed by atoms with Crippen LogP contribution in [0.15, 0.2) is 29.2 Å². The van der Waals surface area contributed by atoms with Gasteiger partial charge in [0.15, 0.2) is 11.6 Å². The summed E-state index contributed by atoms with van der Waals surface area (Å²) in [6, 6.07) is 3.07. The molecule has 0 aliphatic rings. The molecule has 3 rings (SSSR count). The molecule has 26 heavy (non-hydrogen) atoms. The van der Waals surface area contributed by atoms with Gasteiger partial charge in [-0.05, 0) is 18.2 Å². The third-order valence-electron chi connectivity index (χ3n) is 3.74. The van der Waals surface area contributed by atoms with Crippen LogP contribution in [0.25, 0.3) is 16.7 Å². The zero-order valence-corrected chi connectivity index (χ0v) is 13.9. The number of pyridine rings is 2. The summed E-state index contributed by atoms with van der Waals surface area (Å²) in [5.74, 6) is -3.70. The fourth-order valence-corrected chi connectivity index (χ4v) is 2.96. The van der Waals surface area contributed by atoms with Gasteiger partial charge in [-0.2, -0.15) is 0 Å². The highest BCUT2D eigenvalue weighted by Crippen LogP contribution is 2.34. The molecule has 134 valence electrons. The van der Waals surface area contributed by atoms with E-state index in [0.717, 1.165) is 22.9 Å². The molecule has 2 heterocycles. The molecule has 0 saturated carbocycles. The lowest BCUT2D eigenvalue weighted by Gasteiger charge is -2.16. The molecule has 0 bridgehead atoms. The maximum absolute atomic E-state index is 14.3. The van der Waals surface area contributed by atoms with Crippen LogP contribution in [0.3, 0.4) is 0 Å². The summed E-state index contributed by atoms with van der Waals surface area (Å²) in [7, 11) is 1.41. The Labute approximate surface area is 149 Å². The number of nitrogens with zero attached hydrogens (tertiary/aromatic N) is 2. The van der Waals surface area contributed by atoms with Crippen molar-refractivity contribution in [2.24, 2.45) is 0 Å². The van der Waals surface area contributed by atoms with Gasteiger partial charge in [-0.25, -0.2) is 18.6 Å². The molecule has 0 atom stereocenters. The lowest BCUT2D eigenvalue weighted by atomic mass is 10.1. The normalized spacial score (nSPS) is 10.9. The van der Waals surface area contributed by atoms with E-state index in [1.807, 2.05) is 0 Å². The van der Waals surface area contributed by atoms with Gasteiger partial charge in [0.05, 0.1) is 21.6 Å². The van der Waals surface area contributed by atoms with E-state index in [1.54, 1.807) is 0 Å². The summed E-state index contributed by atoms with van der Waals surface area (Å²) < 4.78 is 29.5. The molecule has 1 aromatic carbocycles. The first-order valence-electron chi connectivity index (χ1n) is 7.17. The smallest absolute Gasteiger partial charge is 0.341 e. The summed E-state index contributed by atoms with van der Waals surface area (Å²) >= 11 is 6.21. The first-order chi connectivity index (χ1) is 12.3. The van der Waals surface area contributed by atoms with Crippen LogP contribution in [0.2, 0.25) is 5.02 Å². The summed E-state index contributed by atoms with van der Waals surface area (Å²) in [6.45, 7) is 0. The number of halogens is 3. The Hall–Kier alpha value is -3.20. The predicted molar refractivity (Wildman–Crippen MR) is 93.2 cm³/mol. The van der Waals surface area contributed by atoms with Gasteiger partial charge in [0, 0.05) is 13.2 Å². The molecule has 7 nitrogen and oxygen atoms in total. The number of benzene rings is 1. The second-order valence-electron chi connectivity index (χ2n) is 5.28. The van der Waals surface area contributed by atoms with Crippen molar-refractivity contribution in [3.05, 3.63) is 56.8 Å². The monoisotopic (exact) mass is 380 g/mol. The Morgan fingerprint density at radius 3 is 2.65 bits per heavy atom. The number of hydrogen-bond acceptors (Lipinski definition) is 5. The lowest BCUT2D eigenvalue weighted by Crippen LogP contribution is -2.20. The van der Waals surface area contributed by atoms with E-state index >= 15 is 0 Å². The number of anilines is 2. The standard InChI is InChI=1S/C16H11ClF2N4O3/c1-21-12-9(19)4-6-13(11(12)17)23(5-7(14(6)24)16(25)26)15-8(18)2-3-10(20)22-15/h2-5,21H,1H3,(H2,20,22)(H,25,26). The zero-order valence-electron chi connectivity index (χ0n) is 13.2. The maximum Gasteiger partial charge on any atom is 0.341 e. The number of aromatic nitrogens is 2. The van der Waals surface area contributed by atoms with Crippen molar-refractivity contribution in [3.63, 3.8) is 0 Å². The largest absolute Gasteiger partial charge is 0.477 e. The highest BCUT2D eigenvalue weighted by Gasteiger charge is 2.23. The van der Waals surface area contributed by atoms with Crippen molar-refractivity contribution in [2.75, 3.05) is 18.1 Å². The molecule has 0 radical (unpaired) electrons. The first kappa shape index (κ1) is 17.6. The van der Waals surface area contributed by atoms with Crippen molar-refractivity contribution in [3.8, 4) is 5.82 Å². The van der Waals surface area contributed by atoms with Gasteiger partial charge < -0.3 is 16.2 Å². The first-order valence-corrected chi connectivity index (χ1v) is 7.54. The van der Waals surface area contributed by atoms with Crippen LogP contribution in [-0.2, 0) is 0 Å². The molecule has 0 amide bonds. The Bertz CT molecular complexity index is 1130. The third kappa shape index (κ3) is 2.62. The number of fused-ring (bicyclic) bond motifs is 1. The van der Waals surface area contributed by atoms with Gasteiger partial charge in [-0.3, -0.25) is 9.36 Å². The molecule has 3 aromatic rings. The number of nitrogens with one attached hydrogen (secondary N) is 1. The summed E-state index contributed by atoms with van der Waals surface area (Å²) in [6.07, 6.45) is 0.876. The van der Waals surface area contributed by atoms with Gasteiger partial charge in [0.2, 0.25) is 5.43 Å². The molecule has 0 unspecified atom stereocenters. The number of hydrogen-bond donors (Lipinski definition) is 3. The number of aromatic carboxylic acids is 1. The highest BCUT2D eigenvalue weighted by atomic mass is 35.5. The minimum atomic E-state index is -1.57. The minimum Gasteiger partial charge on any atom is -0.477 e. The molecule has 0 saturated heterocycles. The van der Waals surface area contributed by atoms with Crippen LogP contribution in [0.4, 0.5) is 20.3 Å².